The van der Waals surface area contributed by atoms with Crippen LogP contribution in [0, 0.1) is 45.3 Å². The average molecular weight is 541 g/mol. The van der Waals surface area contributed by atoms with Crippen LogP contribution in [0.3, 0.4) is 0 Å². The SMILES string of the molecule is CC(C(C)S(=O)(=O)N(CCCCC#N)CCCCC#N)S(=O)(=O)N(CCCCC#N)CCCCC#N. The summed E-state index contributed by atoms with van der Waals surface area (Å²) in [4.78, 5) is 0. The molecule has 0 saturated carbocycles. The standard InChI is InChI=1S/C24H40N6O4S2/c1-23(35(31,32)29(19-11-3-7-15-25)20-12-4-8-16-26)24(2)36(33,34)30(21-13-5-9-17-27)22-14-6-10-18-28/h23-24H,3-14,19-22H2,1-2H3. The van der Waals surface area contributed by atoms with E-state index in [0.29, 0.717) is 77.0 Å². The summed E-state index contributed by atoms with van der Waals surface area (Å²) in [5, 5.41) is 32.6. The molecule has 36 heavy (non-hydrogen) atoms. The van der Waals surface area contributed by atoms with Crippen molar-refractivity contribution in [3.8, 4) is 24.3 Å². The number of sulfonamides is 2. The zero-order valence-electron chi connectivity index (χ0n) is 21.6. The molecule has 0 saturated heterocycles. The van der Waals surface area contributed by atoms with Crippen molar-refractivity contribution in [2.24, 2.45) is 0 Å². The maximum Gasteiger partial charge on any atom is 0.218 e. The van der Waals surface area contributed by atoms with Crippen LogP contribution in [-0.2, 0) is 20.0 Å². The highest BCUT2D eigenvalue weighted by Crippen LogP contribution is 2.23. The highest BCUT2D eigenvalue weighted by Gasteiger charge is 2.40. The first kappa shape index (κ1) is 33.8. The normalized spacial score (nSPS) is 13.4. The van der Waals surface area contributed by atoms with Crippen molar-refractivity contribution in [3.63, 3.8) is 0 Å². The lowest BCUT2D eigenvalue weighted by atomic mass is 10.2. The largest absolute Gasteiger partial charge is 0.218 e. The van der Waals surface area contributed by atoms with E-state index in [9.17, 15) is 16.8 Å². The molecular weight excluding hydrogens is 500 g/mol. The fourth-order valence-electron chi connectivity index (χ4n) is 3.66. The van der Waals surface area contributed by atoms with Crippen LogP contribution in [0.4, 0.5) is 0 Å². The smallest absolute Gasteiger partial charge is 0.212 e. The molecule has 0 amide bonds. The van der Waals surface area contributed by atoms with E-state index in [1.165, 1.54) is 22.5 Å². The first-order chi connectivity index (χ1) is 17.1. The lowest BCUT2D eigenvalue weighted by Gasteiger charge is -2.32. The summed E-state index contributed by atoms with van der Waals surface area (Å²) < 4.78 is 56.6. The number of nitriles is 4. The molecule has 0 aliphatic carbocycles. The summed E-state index contributed by atoms with van der Waals surface area (Å²) in [6, 6.07) is 8.15. The monoisotopic (exact) mass is 540 g/mol. The van der Waals surface area contributed by atoms with Crippen LogP contribution < -0.4 is 0 Å². The Kier molecular flexibility index (Phi) is 17.8. The molecule has 0 aliphatic rings. The molecule has 0 aromatic rings. The minimum Gasteiger partial charge on any atom is -0.212 e. The number of unbranched alkanes of at least 4 members (excludes halogenated alkanes) is 8. The van der Waals surface area contributed by atoms with Gasteiger partial charge in [0.05, 0.1) is 34.8 Å². The molecule has 0 radical (unpaired) electrons. The van der Waals surface area contributed by atoms with Crippen molar-refractivity contribution >= 4 is 20.0 Å². The summed E-state index contributed by atoms with van der Waals surface area (Å²) in [7, 11) is -7.95. The summed E-state index contributed by atoms with van der Waals surface area (Å²) in [5.41, 5.74) is 0. The van der Waals surface area contributed by atoms with Gasteiger partial charge in [-0.3, -0.25) is 0 Å². The number of hydrogen-bond acceptors (Lipinski definition) is 8. The van der Waals surface area contributed by atoms with Gasteiger partial charge in [-0.1, -0.05) is 0 Å². The minimum atomic E-state index is -3.97. The van der Waals surface area contributed by atoms with E-state index in [-0.39, 0.29) is 26.2 Å². The van der Waals surface area contributed by atoms with Crippen LogP contribution in [0.15, 0.2) is 0 Å². The van der Waals surface area contributed by atoms with Gasteiger partial charge in [-0.2, -0.15) is 21.0 Å². The van der Waals surface area contributed by atoms with Gasteiger partial charge in [0.25, 0.3) is 0 Å². The van der Waals surface area contributed by atoms with Gasteiger partial charge >= 0.3 is 0 Å². The Morgan fingerprint density at radius 3 is 0.917 bits per heavy atom. The first-order valence-electron chi connectivity index (χ1n) is 12.6. The second-order valence-corrected chi connectivity index (χ2v) is 13.3. The summed E-state index contributed by atoms with van der Waals surface area (Å²) in [5.74, 6) is 0. The Morgan fingerprint density at radius 1 is 0.500 bits per heavy atom. The third kappa shape index (κ3) is 12.2. The van der Waals surface area contributed by atoms with E-state index >= 15 is 0 Å². The van der Waals surface area contributed by atoms with Crippen molar-refractivity contribution in [2.75, 3.05) is 26.2 Å². The number of hydrogen-bond donors (Lipinski definition) is 0. The molecule has 0 spiro atoms. The summed E-state index contributed by atoms with van der Waals surface area (Å²) in [6.07, 6.45) is 5.39. The fraction of sp³-hybridized carbons (Fsp3) is 0.833. The van der Waals surface area contributed by atoms with Crippen molar-refractivity contribution < 1.29 is 16.8 Å². The molecule has 10 nitrogen and oxygen atoms in total. The molecule has 0 aliphatic heterocycles. The number of rotatable bonds is 21. The van der Waals surface area contributed by atoms with E-state index in [0.717, 1.165) is 0 Å². The average Bonchev–Trinajstić information content (AvgIpc) is 2.85. The zero-order valence-corrected chi connectivity index (χ0v) is 23.2. The predicted molar refractivity (Wildman–Crippen MR) is 138 cm³/mol. The number of nitrogens with zero attached hydrogens (tertiary/aromatic N) is 6. The predicted octanol–water partition coefficient (Wildman–Crippen LogP) is 3.80. The maximum atomic E-state index is 13.5. The third-order valence-electron chi connectivity index (χ3n) is 6.10. The molecule has 0 rings (SSSR count). The van der Waals surface area contributed by atoms with E-state index in [1.807, 2.05) is 24.3 Å². The fourth-order valence-corrected chi connectivity index (χ4v) is 7.94. The van der Waals surface area contributed by atoms with Gasteiger partial charge in [0.1, 0.15) is 0 Å². The zero-order chi connectivity index (χ0) is 27.5. The Bertz CT molecular complexity index is 877. The Hall–Kier alpha value is -2.22. The second kappa shape index (κ2) is 19.0. The van der Waals surface area contributed by atoms with Gasteiger partial charge in [-0.05, 0) is 65.2 Å². The van der Waals surface area contributed by atoms with Gasteiger partial charge in [-0.25, -0.2) is 25.4 Å². The second-order valence-electron chi connectivity index (χ2n) is 8.76. The van der Waals surface area contributed by atoms with Crippen molar-refractivity contribution in [3.05, 3.63) is 0 Å². The van der Waals surface area contributed by atoms with Crippen LogP contribution in [0.1, 0.15) is 90.9 Å². The molecule has 0 aromatic heterocycles. The molecule has 0 N–H and O–H groups in total. The third-order valence-corrected chi connectivity index (χ3v) is 11.1. The van der Waals surface area contributed by atoms with E-state index in [1.54, 1.807) is 0 Å². The van der Waals surface area contributed by atoms with Gasteiger partial charge < -0.3 is 0 Å². The molecule has 12 heteroatoms. The maximum absolute atomic E-state index is 13.5. The first-order valence-corrected chi connectivity index (χ1v) is 15.6. The molecule has 0 bridgehead atoms. The molecule has 2 atom stereocenters. The molecule has 2 unspecified atom stereocenters. The van der Waals surface area contributed by atoms with Gasteiger partial charge in [0.15, 0.2) is 0 Å². The van der Waals surface area contributed by atoms with E-state index in [4.69, 9.17) is 21.0 Å². The topological polar surface area (TPSA) is 170 Å². The Morgan fingerprint density at radius 2 is 0.722 bits per heavy atom. The lowest BCUT2D eigenvalue weighted by molar-refractivity contribution is 0.375. The van der Waals surface area contributed by atoms with Crippen molar-refractivity contribution in [2.45, 2.75) is 101 Å². The Balaban J connectivity index is 5.68. The summed E-state index contributed by atoms with van der Waals surface area (Å²) >= 11 is 0. The molecular formula is C24H40N6O4S2. The van der Waals surface area contributed by atoms with Gasteiger partial charge in [0.2, 0.25) is 20.0 Å². The molecule has 0 heterocycles. The molecule has 0 aromatic carbocycles. The minimum absolute atomic E-state index is 0.194. The van der Waals surface area contributed by atoms with Crippen LogP contribution in [-0.4, -0.2) is 62.1 Å². The van der Waals surface area contributed by atoms with Gasteiger partial charge in [-0.15, -0.1) is 0 Å². The molecule has 0 fully saturated rings. The van der Waals surface area contributed by atoms with E-state index < -0.39 is 30.5 Å². The summed E-state index contributed by atoms with van der Waals surface area (Å²) in [6.45, 7) is 3.61. The van der Waals surface area contributed by atoms with Crippen molar-refractivity contribution in [1.29, 1.82) is 21.0 Å². The highest BCUT2D eigenvalue weighted by molar-refractivity contribution is 7.93. The van der Waals surface area contributed by atoms with Crippen LogP contribution >= 0.6 is 0 Å². The quantitative estimate of drug-likeness (QED) is 0.198. The van der Waals surface area contributed by atoms with Gasteiger partial charge in [0, 0.05) is 51.9 Å². The van der Waals surface area contributed by atoms with Crippen LogP contribution in [0.5, 0.6) is 0 Å². The van der Waals surface area contributed by atoms with E-state index in [2.05, 4.69) is 0 Å². The van der Waals surface area contributed by atoms with Crippen LogP contribution in [0.25, 0.3) is 0 Å². The lowest BCUT2D eigenvalue weighted by Crippen LogP contribution is -2.49. The molecule has 202 valence electrons. The Labute approximate surface area is 218 Å². The van der Waals surface area contributed by atoms with Crippen molar-refractivity contribution in [1.82, 2.24) is 8.61 Å². The highest BCUT2D eigenvalue weighted by atomic mass is 32.2. The van der Waals surface area contributed by atoms with Crippen LogP contribution in [0.2, 0.25) is 0 Å².